The van der Waals surface area contributed by atoms with E-state index in [0.717, 1.165) is 48.2 Å². The Hall–Kier alpha value is -1.19. The maximum Gasteiger partial charge on any atom is 0.191 e. The lowest BCUT2D eigenvalue weighted by atomic mass is 9.94. The van der Waals surface area contributed by atoms with Gasteiger partial charge in [-0.3, -0.25) is 0 Å². The average Bonchev–Trinajstić information content (AvgIpc) is 3.05. The van der Waals surface area contributed by atoms with E-state index >= 15 is 0 Å². The molecule has 0 bridgehead atoms. The van der Waals surface area contributed by atoms with Crippen molar-refractivity contribution < 1.29 is 5.11 Å². The van der Waals surface area contributed by atoms with E-state index in [1.54, 1.807) is 11.3 Å². The first-order valence-corrected chi connectivity index (χ1v) is 11.0. The molecule has 29 heavy (non-hydrogen) atoms. The Morgan fingerprint density at radius 3 is 2.55 bits per heavy atom. The summed E-state index contributed by atoms with van der Waals surface area (Å²) >= 11 is 1.71. The highest BCUT2D eigenvalue weighted by Crippen LogP contribution is 2.28. The van der Waals surface area contributed by atoms with Crippen molar-refractivity contribution in [2.24, 2.45) is 16.8 Å². The molecule has 0 aliphatic rings. The minimum absolute atomic E-state index is 0. The van der Waals surface area contributed by atoms with E-state index in [2.05, 4.69) is 43.5 Å². The third-order valence-electron chi connectivity index (χ3n) is 4.54. The summed E-state index contributed by atoms with van der Waals surface area (Å²) in [6, 6.07) is 10.3. The highest BCUT2D eigenvalue weighted by atomic mass is 127. The van der Waals surface area contributed by atoms with Gasteiger partial charge in [0, 0.05) is 30.1 Å². The van der Waals surface area contributed by atoms with E-state index in [9.17, 15) is 5.11 Å². The zero-order chi connectivity index (χ0) is 20.4. The number of thiazole rings is 1. The SMILES string of the molecule is CCNC(=NCc1sc(-c2ccccc2)nc1C)NCC(CCO)CC(C)C.I. The lowest BCUT2D eigenvalue weighted by molar-refractivity contribution is 0.243. The molecule has 7 heteroatoms. The second-order valence-electron chi connectivity index (χ2n) is 7.48. The number of nitrogens with one attached hydrogen (secondary N) is 2. The highest BCUT2D eigenvalue weighted by molar-refractivity contribution is 14.0. The van der Waals surface area contributed by atoms with Crippen molar-refractivity contribution in [2.75, 3.05) is 19.7 Å². The van der Waals surface area contributed by atoms with Crippen molar-refractivity contribution in [3.05, 3.63) is 40.9 Å². The summed E-state index contributed by atoms with van der Waals surface area (Å²) in [6.45, 7) is 11.0. The Labute approximate surface area is 196 Å². The average molecular weight is 531 g/mol. The zero-order valence-corrected chi connectivity index (χ0v) is 21.1. The quantitative estimate of drug-likeness (QED) is 0.234. The lowest BCUT2D eigenvalue weighted by Crippen LogP contribution is -2.40. The van der Waals surface area contributed by atoms with Crippen LogP contribution in [0.1, 0.15) is 44.2 Å². The number of aliphatic imine (C=N–C) groups is 1. The molecule has 1 aromatic carbocycles. The monoisotopic (exact) mass is 530 g/mol. The molecule has 0 saturated heterocycles. The van der Waals surface area contributed by atoms with Gasteiger partial charge < -0.3 is 15.7 Å². The van der Waals surface area contributed by atoms with E-state index in [-0.39, 0.29) is 30.6 Å². The number of aliphatic hydroxyl groups is 1. The number of nitrogens with zero attached hydrogens (tertiary/aromatic N) is 2. The lowest BCUT2D eigenvalue weighted by Gasteiger charge is -2.20. The fourth-order valence-electron chi connectivity index (χ4n) is 3.17. The van der Waals surface area contributed by atoms with Gasteiger partial charge in [0.15, 0.2) is 5.96 Å². The van der Waals surface area contributed by atoms with E-state index in [0.29, 0.717) is 18.4 Å². The van der Waals surface area contributed by atoms with Gasteiger partial charge in [-0.05, 0) is 38.5 Å². The van der Waals surface area contributed by atoms with Crippen molar-refractivity contribution in [3.8, 4) is 10.6 Å². The minimum Gasteiger partial charge on any atom is -0.396 e. The van der Waals surface area contributed by atoms with Crippen LogP contribution in [0.5, 0.6) is 0 Å². The summed E-state index contributed by atoms with van der Waals surface area (Å²) in [5, 5.41) is 17.1. The standard InChI is InChI=1S/C22H34N4OS.HI/c1-5-23-22(24-14-18(11-12-27)13-16(2)3)25-15-20-17(4)26-21(28-20)19-9-7-6-8-10-19;/h6-10,16,18,27H,5,11-15H2,1-4H3,(H2,23,24,25);1H. The largest absolute Gasteiger partial charge is 0.396 e. The summed E-state index contributed by atoms with van der Waals surface area (Å²) in [5.41, 5.74) is 2.19. The third-order valence-corrected chi connectivity index (χ3v) is 5.73. The smallest absolute Gasteiger partial charge is 0.191 e. The van der Waals surface area contributed by atoms with E-state index < -0.39 is 0 Å². The maximum absolute atomic E-state index is 9.32. The van der Waals surface area contributed by atoms with Gasteiger partial charge in [-0.15, -0.1) is 35.3 Å². The minimum atomic E-state index is 0. The Balaban J connectivity index is 0.00000420. The van der Waals surface area contributed by atoms with Crippen LogP contribution in [0.25, 0.3) is 10.6 Å². The molecular weight excluding hydrogens is 495 g/mol. The Kier molecular flexibility index (Phi) is 12.4. The molecule has 2 aromatic rings. The van der Waals surface area contributed by atoms with Gasteiger partial charge in [-0.1, -0.05) is 44.2 Å². The molecule has 1 atom stereocenters. The van der Waals surface area contributed by atoms with Crippen molar-refractivity contribution in [1.29, 1.82) is 0 Å². The second-order valence-corrected chi connectivity index (χ2v) is 8.56. The molecule has 0 aliphatic heterocycles. The molecule has 2 rings (SSSR count). The van der Waals surface area contributed by atoms with Crippen LogP contribution in [0.4, 0.5) is 0 Å². The molecule has 0 spiro atoms. The van der Waals surface area contributed by atoms with E-state index in [1.165, 1.54) is 4.88 Å². The maximum atomic E-state index is 9.32. The molecule has 0 radical (unpaired) electrons. The molecule has 1 aromatic heterocycles. The van der Waals surface area contributed by atoms with Gasteiger partial charge in [-0.25, -0.2) is 9.98 Å². The number of hydrogen-bond acceptors (Lipinski definition) is 4. The molecule has 0 aliphatic carbocycles. The van der Waals surface area contributed by atoms with Crippen LogP contribution in [-0.2, 0) is 6.54 Å². The molecule has 3 N–H and O–H groups in total. The van der Waals surface area contributed by atoms with Crippen LogP contribution in [0.15, 0.2) is 35.3 Å². The molecule has 0 saturated carbocycles. The van der Waals surface area contributed by atoms with Crippen molar-refractivity contribution in [2.45, 2.75) is 47.1 Å². The van der Waals surface area contributed by atoms with Crippen LogP contribution in [-0.4, -0.2) is 35.7 Å². The Morgan fingerprint density at radius 2 is 1.93 bits per heavy atom. The van der Waals surface area contributed by atoms with Crippen LogP contribution in [0.3, 0.4) is 0 Å². The highest BCUT2D eigenvalue weighted by Gasteiger charge is 2.12. The Bertz CT molecular complexity index is 734. The first kappa shape index (κ1) is 25.8. The predicted molar refractivity (Wildman–Crippen MR) is 135 cm³/mol. The molecule has 5 nitrogen and oxygen atoms in total. The first-order chi connectivity index (χ1) is 13.5. The molecule has 1 heterocycles. The van der Waals surface area contributed by atoms with Gasteiger partial charge >= 0.3 is 0 Å². The van der Waals surface area contributed by atoms with Crippen LogP contribution in [0.2, 0.25) is 0 Å². The summed E-state index contributed by atoms with van der Waals surface area (Å²) in [6.07, 6.45) is 1.92. The Morgan fingerprint density at radius 1 is 1.21 bits per heavy atom. The normalized spacial score (nSPS) is 12.6. The number of aromatic nitrogens is 1. The van der Waals surface area contributed by atoms with Gasteiger partial charge in [0.25, 0.3) is 0 Å². The van der Waals surface area contributed by atoms with Crippen molar-refractivity contribution in [3.63, 3.8) is 0 Å². The van der Waals surface area contributed by atoms with Crippen LogP contribution < -0.4 is 10.6 Å². The van der Waals surface area contributed by atoms with Crippen LogP contribution >= 0.6 is 35.3 Å². The number of hydrogen-bond donors (Lipinski definition) is 3. The topological polar surface area (TPSA) is 69.5 Å². The summed E-state index contributed by atoms with van der Waals surface area (Å²) < 4.78 is 0. The number of guanidine groups is 1. The zero-order valence-electron chi connectivity index (χ0n) is 17.9. The third kappa shape index (κ3) is 9.00. The first-order valence-electron chi connectivity index (χ1n) is 10.2. The second kappa shape index (κ2) is 13.9. The summed E-state index contributed by atoms with van der Waals surface area (Å²) in [7, 11) is 0. The van der Waals surface area contributed by atoms with Crippen LogP contribution in [0, 0.1) is 18.8 Å². The van der Waals surface area contributed by atoms with Gasteiger partial charge in [-0.2, -0.15) is 0 Å². The predicted octanol–water partition coefficient (Wildman–Crippen LogP) is 4.84. The van der Waals surface area contributed by atoms with Crippen molar-refractivity contribution >= 4 is 41.3 Å². The van der Waals surface area contributed by atoms with Gasteiger partial charge in [0.1, 0.15) is 5.01 Å². The summed E-state index contributed by atoms with van der Waals surface area (Å²) in [5.74, 6) is 1.89. The van der Waals surface area contributed by atoms with Gasteiger partial charge in [0.05, 0.1) is 12.2 Å². The molecular formula is C22H35IN4OS. The van der Waals surface area contributed by atoms with E-state index in [4.69, 9.17) is 9.98 Å². The summed E-state index contributed by atoms with van der Waals surface area (Å²) in [4.78, 5) is 10.7. The van der Waals surface area contributed by atoms with E-state index in [1.807, 2.05) is 25.1 Å². The van der Waals surface area contributed by atoms with Crippen molar-refractivity contribution in [1.82, 2.24) is 15.6 Å². The fourth-order valence-corrected chi connectivity index (χ4v) is 4.16. The fraction of sp³-hybridized carbons (Fsp3) is 0.545. The molecule has 162 valence electrons. The molecule has 0 amide bonds. The number of aliphatic hydroxyl groups excluding tert-OH is 1. The number of rotatable bonds is 10. The molecule has 1 unspecified atom stereocenters. The number of benzene rings is 1. The number of aryl methyl sites for hydroxylation is 1. The van der Waals surface area contributed by atoms with Gasteiger partial charge in [0.2, 0.25) is 0 Å². The molecule has 0 fully saturated rings. The number of halogens is 1.